The van der Waals surface area contributed by atoms with Crippen LogP contribution in [0.2, 0.25) is 0 Å². The molecule has 0 fully saturated rings. The Hall–Kier alpha value is -1.57. The van der Waals surface area contributed by atoms with E-state index in [0.29, 0.717) is 6.42 Å². The number of hydrogen-bond donors (Lipinski definition) is 1. The Morgan fingerprint density at radius 2 is 1.93 bits per heavy atom. The van der Waals surface area contributed by atoms with Gasteiger partial charge in [0.15, 0.2) is 5.78 Å². The van der Waals surface area contributed by atoms with Crippen molar-refractivity contribution < 1.29 is 4.79 Å². The molecule has 0 spiro atoms. The minimum absolute atomic E-state index is 0.237. The van der Waals surface area contributed by atoms with Gasteiger partial charge in [0, 0.05) is 24.7 Å². The van der Waals surface area contributed by atoms with Gasteiger partial charge in [0.2, 0.25) is 0 Å². The number of ketones is 1. The maximum Gasteiger partial charge on any atom is 0.164 e. The van der Waals surface area contributed by atoms with Crippen LogP contribution in [0.1, 0.15) is 18.4 Å². The summed E-state index contributed by atoms with van der Waals surface area (Å²) in [6.07, 6.45) is 3.41. The van der Waals surface area contributed by atoms with E-state index in [-0.39, 0.29) is 5.78 Å². The van der Waals surface area contributed by atoms with Crippen molar-refractivity contribution in [1.29, 1.82) is 0 Å². The zero-order valence-corrected chi connectivity index (χ0v) is 7.99. The summed E-state index contributed by atoms with van der Waals surface area (Å²) in [5.74, 6) is 0.237. The average Bonchev–Trinajstić information content (AvgIpc) is 2.44. The number of nitrogens with one attached hydrogen (secondary N) is 1. The Morgan fingerprint density at radius 3 is 2.71 bits per heavy atom. The molecule has 1 aromatic rings. The SMILES string of the molecule is O=C1CCCNC=C1c1ccccc1. The zero-order valence-electron chi connectivity index (χ0n) is 7.99. The van der Waals surface area contributed by atoms with Crippen LogP contribution in [0.4, 0.5) is 0 Å². The maximum atomic E-state index is 11.7. The lowest BCUT2D eigenvalue weighted by atomic mass is 10.0. The highest BCUT2D eigenvalue weighted by molar-refractivity contribution is 6.20. The molecule has 2 nitrogen and oxygen atoms in total. The molecule has 2 heteroatoms. The fourth-order valence-electron chi connectivity index (χ4n) is 1.60. The van der Waals surface area contributed by atoms with Gasteiger partial charge in [-0.3, -0.25) is 4.79 Å². The first-order valence-electron chi connectivity index (χ1n) is 4.90. The molecule has 1 aliphatic rings. The lowest BCUT2D eigenvalue weighted by Crippen LogP contribution is -2.04. The molecule has 0 amide bonds. The molecule has 0 unspecified atom stereocenters. The van der Waals surface area contributed by atoms with Gasteiger partial charge < -0.3 is 5.32 Å². The van der Waals surface area contributed by atoms with Crippen LogP contribution in [0.5, 0.6) is 0 Å². The highest BCUT2D eigenvalue weighted by Crippen LogP contribution is 2.18. The number of Topliss-reactive ketones (excluding diaryl/α,β-unsaturated/α-hetero) is 1. The van der Waals surface area contributed by atoms with Crippen LogP contribution >= 0.6 is 0 Å². The van der Waals surface area contributed by atoms with E-state index < -0.39 is 0 Å². The Labute approximate surface area is 83.6 Å². The number of benzene rings is 1. The summed E-state index contributed by atoms with van der Waals surface area (Å²) < 4.78 is 0. The van der Waals surface area contributed by atoms with E-state index in [0.717, 1.165) is 24.1 Å². The summed E-state index contributed by atoms with van der Waals surface area (Å²) in [5.41, 5.74) is 1.81. The van der Waals surface area contributed by atoms with Crippen LogP contribution < -0.4 is 5.32 Å². The number of carbonyl (C=O) groups excluding carboxylic acids is 1. The van der Waals surface area contributed by atoms with Crippen LogP contribution in [0.25, 0.3) is 5.57 Å². The van der Waals surface area contributed by atoms with Gasteiger partial charge in [0.05, 0.1) is 0 Å². The second-order valence-corrected chi connectivity index (χ2v) is 3.40. The van der Waals surface area contributed by atoms with Crippen molar-refractivity contribution >= 4 is 11.4 Å². The van der Waals surface area contributed by atoms with Gasteiger partial charge in [-0.1, -0.05) is 30.3 Å². The zero-order chi connectivity index (χ0) is 9.80. The monoisotopic (exact) mass is 187 g/mol. The van der Waals surface area contributed by atoms with Gasteiger partial charge in [-0.25, -0.2) is 0 Å². The summed E-state index contributed by atoms with van der Waals surface area (Å²) in [5, 5.41) is 3.14. The third-order valence-electron chi connectivity index (χ3n) is 2.36. The standard InChI is InChI=1S/C12H13NO/c14-12-7-4-8-13-9-11(12)10-5-2-1-3-6-10/h1-3,5-6,9,13H,4,7-8H2. The largest absolute Gasteiger partial charge is 0.390 e. The topological polar surface area (TPSA) is 29.1 Å². The van der Waals surface area contributed by atoms with E-state index in [9.17, 15) is 4.79 Å². The maximum absolute atomic E-state index is 11.7. The molecule has 0 atom stereocenters. The summed E-state index contributed by atoms with van der Waals surface area (Å²) >= 11 is 0. The first-order valence-corrected chi connectivity index (χ1v) is 4.90. The van der Waals surface area contributed by atoms with E-state index in [1.54, 1.807) is 0 Å². The first kappa shape index (κ1) is 9.00. The fraction of sp³-hybridized carbons (Fsp3) is 0.250. The van der Waals surface area contributed by atoms with Gasteiger partial charge in [0.25, 0.3) is 0 Å². The molecule has 2 rings (SSSR count). The van der Waals surface area contributed by atoms with E-state index in [2.05, 4.69) is 5.32 Å². The second kappa shape index (κ2) is 4.09. The Kier molecular flexibility index (Phi) is 2.63. The van der Waals surface area contributed by atoms with Gasteiger partial charge >= 0.3 is 0 Å². The molecule has 0 saturated carbocycles. The molecule has 0 bridgehead atoms. The van der Waals surface area contributed by atoms with Gasteiger partial charge in [-0.05, 0) is 12.0 Å². The van der Waals surface area contributed by atoms with E-state index in [1.807, 2.05) is 36.5 Å². The lowest BCUT2D eigenvalue weighted by Gasteiger charge is -2.03. The van der Waals surface area contributed by atoms with Crippen LogP contribution in [-0.2, 0) is 4.79 Å². The predicted octanol–water partition coefficient (Wildman–Crippen LogP) is 1.98. The fourth-order valence-corrected chi connectivity index (χ4v) is 1.60. The molecule has 0 radical (unpaired) electrons. The van der Waals surface area contributed by atoms with E-state index >= 15 is 0 Å². The number of carbonyl (C=O) groups is 1. The molecule has 1 heterocycles. The molecule has 1 aromatic carbocycles. The smallest absolute Gasteiger partial charge is 0.164 e. The number of hydrogen-bond acceptors (Lipinski definition) is 2. The highest BCUT2D eigenvalue weighted by atomic mass is 16.1. The van der Waals surface area contributed by atoms with Crippen molar-refractivity contribution in [3.63, 3.8) is 0 Å². The molecule has 1 N–H and O–H groups in total. The van der Waals surface area contributed by atoms with Crippen molar-refractivity contribution in [1.82, 2.24) is 5.32 Å². The van der Waals surface area contributed by atoms with E-state index in [4.69, 9.17) is 0 Å². The lowest BCUT2D eigenvalue weighted by molar-refractivity contribution is -0.113. The third-order valence-corrected chi connectivity index (χ3v) is 2.36. The van der Waals surface area contributed by atoms with Crippen LogP contribution in [0.3, 0.4) is 0 Å². The van der Waals surface area contributed by atoms with Crippen molar-refractivity contribution in [2.24, 2.45) is 0 Å². The van der Waals surface area contributed by atoms with Gasteiger partial charge in [0.1, 0.15) is 0 Å². The molecular weight excluding hydrogens is 174 g/mol. The Morgan fingerprint density at radius 1 is 1.14 bits per heavy atom. The van der Waals surface area contributed by atoms with E-state index in [1.165, 1.54) is 0 Å². The molecular formula is C12H13NO. The average molecular weight is 187 g/mol. The van der Waals surface area contributed by atoms with Crippen LogP contribution in [-0.4, -0.2) is 12.3 Å². The molecule has 0 aromatic heterocycles. The second-order valence-electron chi connectivity index (χ2n) is 3.40. The van der Waals surface area contributed by atoms with Gasteiger partial charge in [-0.15, -0.1) is 0 Å². The van der Waals surface area contributed by atoms with Crippen LogP contribution in [0, 0.1) is 0 Å². The summed E-state index contributed by atoms with van der Waals surface area (Å²) in [4.78, 5) is 11.7. The quantitative estimate of drug-likeness (QED) is 0.728. The van der Waals surface area contributed by atoms with Crippen molar-refractivity contribution in [2.45, 2.75) is 12.8 Å². The predicted molar refractivity (Wildman–Crippen MR) is 56.7 cm³/mol. The first-order chi connectivity index (χ1) is 6.88. The highest BCUT2D eigenvalue weighted by Gasteiger charge is 2.13. The number of allylic oxidation sites excluding steroid dienone is 1. The molecule has 1 aliphatic heterocycles. The normalized spacial score (nSPS) is 16.9. The minimum atomic E-state index is 0.237. The van der Waals surface area contributed by atoms with Crippen LogP contribution in [0.15, 0.2) is 36.5 Å². The number of rotatable bonds is 1. The summed E-state index contributed by atoms with van der Waals surface area (Å²) in [7, 11) is 0. The summed E-state index contributed by atoms with van der Waals surface area (Å²) in [6.45, 7) is 0.891. The van der Waals surface area contributed by atoms with Gasteiger partial charge in [-0.2, -0.15) is 0 Å². The minimum Gasteiger partial charge on any atom is -0.390 e. The third kappa shape index (κ3) is 1.84. The molecule has 72 valence electrons. The molecule has 14 heavy (non-hydrogen) atoms. The Bertz CT molecular complexity index is 354. The molecule has 0 aliphatic carbocycles. The molecule has 0 saturated heterocycles. The van der Waals surface area contributed by atoms with Crippen molar-refractivity contribution in [3.8, 4) is 0 Å². The van der Waals surface area contributed by atoms with Crippen molar-refractivity contribution in [3.05, 3.63) is 42.1 Å². The Balaban J connectivity index is 2.32. The van der Waals surface area contributed by atoms with Crippen molar-refractivity contribution in [2.75, 3.05) is 6.54 Å². The summed E-state index contributed by atoms with van der Waals surface area (Å²) in [6, 6.07) is 9.80.